The lowest BCUT2D eigenvalue weighted by molar-refractivity contribution is -0.142. The SMILES string of the molecule is C=CC(=O)N1CC[C@@H](C(=O)N[C@@H](Cc2ccccc2)C(=O)N[C@@H](CCC(N)=O)C(=O)O)C1. The van der Waals surface area contributed by atoms with E-state index in [2.05, 4.69) is 17.2 Å². The van der Waals surface area contributed by atoms with Crippen LogP contribution in [0.4, 0.5) is 0 Å². The molecule has 10 heteroatoms. The van der Waals surface area contributed by atoms with E-state index in [-0.39, 0.29) is 31.7 Å². The topological polar surface area (TPSA) is 159 Å². The Labute approximate surface area is 185 Å². The number of carbonyl (C=O) groups is 5. The van der Waals surface area contributed by atoms with Gasteiger partial charge in [0.15, 0.2) is 0 Å². The molecule has 0 radical (unpaired) electrons. The second-order valence-corrected chi connectivity index (χ2v) is 7.63. The van der Waals surface area contributed by atoms with Crippen LogP contribution in [0.1, 0.15) is 24.8 Å². The van der Waals surface area contributed by atoms with Gasteiger partial charge in [-0.1, -0.05) is 36.9 Å². The molecule has 1 aliphatic heterocycles. The number of aliphatic carboxylic acids is 1. The van der Waals surface area contributed by atoms with E-state index in [0.29, 0.717) is 13.0 Å². The second kappa shape index (κ2) is 11.6. The standard InChI is InChI=1S/C22H28N4O6/c1-2-19(28)26-11-10-15(13-26)20(29)25-17(12-14-6-4-3-5-7-14)21(30)24-16(22(31)32)8-9-18(23)27/h2-7,15-17H,1,8-13H2,(H2,23,27)(H,24,30)(H,25,29)(H,31,32)/t15-,16+,17+/m1/s1. The highest BCUT2D eigenvalue weighted by molar-refractivity contribution is 5.92. The van der Waals surface area contributed by atoms with E-state index < -0.39 is 41.7 Å². The quantitative estimate of drug-likeness (QED) is 0.339. The molecule has 32 heavy (non-hydrogen) atoms. The molecule has 0 saturated carbocycles. The average molecular weight is 444 g/mol. The first-order chi connectivity index (χ1) is 15.2. The lowest BCUT2D eigenvalue weighted by Crippen LogP contribution is -2.53. The van der Waals surface area contributed by atoms with Crippen LogP contribution >= 0.6 is 0 Å². The molecule has 2 rings (SSSR count). The number of primary amides is 1. The average Bonchev–Trinajstić information content (AvgIpc) is 3.26. The molecule has 5 N–H and O–H groups in total. The maximum atomic E-state index is 12.9. The Morgan fingerprint density at radius 1 is 1.16 bits per heavy atom. The minimum atomic E-state index is -1.32. The van der Waals surface area contributed by atoms with Crippen LogP contribution in [0.5, 0.6) is 0 Å². The van der Waals surface area contributed by atoms with Crippen LogP contribution in [0.15, 0.2) is 43.0 Å². The normalized spacial score (nSPS) is 17.1. The number of rotatable bonds is 11. The first-order valence-electron chi connectivity index (χ1n) is 10.3. The molecule has 1 aromatic rings. The van der Waals surface area contributed by atoms with E-state index in [9.17, 15) is 29.1 Å². The molecular weight excluding hydrogens is 416 g/mol. The smallest absolute Gasteiger partial charge is 0.326 e. The molecule has 4 amide bonds. The van der Waals surface area contributed by atoms with Gasteiger partial charge in [-0.05, 0) is 24.5 Å². The van der Waals surface area contributed by atoms with Crippen LogP contribution in [0.25, 0.3) is 0 Å². The largest absolute Gasteiger partial charge is 0.480 e. The zero-order valence-corrected chi connectivity index (χ0v) is 17.7. The van der Waals surface area contributed by atoms with Gasteiger partial charge in [-0.3, -0.25) is 19.2 Å². The lowest BCUT2D eigenvalue weighted by Gasteiger charge is -2.23. The Bertz CT molecular complexity index is 872. The van der Waals surface area contributed by atoms with Gasteiger partial charge in [0, 0.05) is 25.9 Å². The van der Waals surface area contributed by atoms with E-state index in [1.54, 1.807) is 24.3 Å². The maximum Gasteiger partial charge on any atom is 0.326 e. The number of carbonyl (C=O) groups excluding carboxylic acids is 4. The molecule has 1 aromatic carbocycles. The van der Waals surface area contributed by atoms with Crippen molar-refractivity contribution in [3.05, 3.63) is 48.6 Å². The number of benzene rings is 1. The van der Waals surface area contributed by atoms with Crippen LogP contribution in [-0.2, 0) is 30.4 Å². The number of nitrogens with one attached hydrogen (secondary N) is 2. The van der Waals surface area contributed by atoms with Gasteiger partial charge >= 0.3 is 5.97 Å². The Morgan fingerprint density at radius 2 is 1.84 bits per heavy atom. The third-order valence-electron chi connectivity index (χ3n) is 5.25. The number of nitrogens with two attached hydrogens (primary N) is 1. The van der Waals surface area contributed by atoms with E-state index in [4.69, 9.17) is 5.73 Å². The summed E-state index contributed by atoms with van der Waals surface area (Å²) < 4.78 is 0. The molecule has 3 atom stereocenters. The van der Waals surface area contributed by atoms with Gasteiger partial charge in [-0.2, -0.15) is 0 Å². The molecule has 0 aliphatic carbocycles. The number of carboxylic acid groups (broad SMARTS) is 1. The van der Waals surface area contributed by atoms with Gasteiger partial charge in [0.1, 0.15) is 12.1 Å². The summed E-state index contributed by atoms with van der Waals surface area (Å²) in [5.41, 5.74) is 5.85. The van der Waals surface area contributed by atoms with Crippen molar-refractivity contribution in [3.63, 3.8) is 0 Å². The fourth-order valence-corrected chi connectivity index (χ4v) is 3.47. The summed E-state index contributed by atoms with van der Waals surface area (Å²) >= 11 is 0. The molecule has 1 aliphatic rings. The molecule has 172 valence electrons. The van der Waals surface area contributed by atoms with Crippen molar-refractivity contribution in [2.45, 2.75) is 37.8 Å². The summed E-state index contributed by atoms with van der Waals surface area (Å²) in [5.74, 6) is -3.83. The molecule has 0 bridgehead atoms. The van der Waals surface area contributed by atoms with Gasteiger partial charge in [-0.15, -0.1) is 0 Å². The van der Waals surface area contributed by atoms with Crippen molar-refractivity contribution in [3.8, 4) is 0 Å². The summed E-state index contributed by atoms with van der Waals surface area (Å²) in [6, 6.07) is 6.60. The van der Waals surface area contributed by atoms with Crippen LogP contribution in [-0.4, -0.2) is 64.8 Å². The summed E-state index contributed by atoms with van der Waals surface area (Å²) in [4.78, 5) is 61.5. The van der Waals surface area contributed by atoms with Crippen molar-refractivity contribution >= 4 is 29.6 Å². The first-order valence-corrected chi connectivity index (χ1v) is 10.3. The monoisotopic (exact) mass is 444 g/mol. The maximum absolute atomic E-state index is 12.9. The molecule has 0 spiro atoms. The van der Waals surface area contributed by atoms with E-state index >= 15 is 0 Å². The molecular formula is C22H28N4O6. The fraction of sp³-hybridized carbons (Fsp3) is 0.409. The van der Waals surface area contributed by atoms with Gasteiger partial charge in [0.05, 0.1) is 5.92 Å². The lowest BCUT2D eigenvalue weighted by atomic mass is 10.0. The van der Waals surface area contributed by atoms with Crippen molar-refractivity contribution in [2.24, 2.45) is 11.7 Å². The van der Waals surface area contributed by atoms with Crippen LogP contribution in [0, 0.1) is 5.92 Å². The zero-order valence-electron chi connectivity index (χ0n) is 17.7. The minimum Gasteiger partial charge on any atom is -0.480 e. The van der Waals surface area contributed by atoms with E-state index in [1.807, 2.05) is 6.07 Å². The molecule has 10 nitrogen and oxygen atoms in total. The highest BCUT2D eigenvalue weighted by Crippen LogP contribution is 2.17. The molecule has 1 saturated heterocycles. The fourth-order valence-electron chi connectivity index (χ4n) is 3.47. The second-order valence-electron chi connectivity index (χ2n) is 7.63. The molecule has 0 unspecified atom stereocenters. The third kappa shape index (κ3) is 7.22. The summed E-state index contributed by atoms with van der Waals surface area (Å²) in [7, 11) is 0. The number of hydrogen-bond donors (Lipinski definition) is 4. The van der Waals surface area contributed by atoms with Crippen LogP contribution in [0.2, 0.25) is 0 Å². The number of hydrogen-bond acceptors (Lipinski definition) is 5. The summed E-state index contributed by atoms with van der Waals surface area (Å²) in [6.07, 6.45) is 1.40. The highest BCUT2D eigenvalue weighted by Gasteiger charge is 2.33. The van der Waals surface area contributed by atoms with Crippen LogP contribution < -0.4 is 16.4 Å². The number of likely N-dealkylation sites (tertiary alicyclic amines) is 1. The Balaban J connectivity index is 2.11. The van der Waals surface area contributed by atoms with Crippen molar-refractivity contribution in [1.29, 1.82) is 0 Å². The highest BCUT2D eigenvalue weighted by atomic mass is 16.4. The minimum absolute atomic E-state index is 0.141. The van der Waals surface area contributed by atoms with Crippen molar-refractivity contribution < 1.29 is 29.1 Å². The predicted octanol–water partition coefficient (Wildman–Crippen LogP) is -0.417. The zero-order chi connectivity index (χ0) is 23.7. The summed E-state index contributed by atoms with van der Waals surface area (Å²) in [6.45, 7) is 4.06. The molecule has 1 fully saturated rings. The van der Waals surface area contributed by atoms with Gasteiger partial charge in [0.2, 0.25) is 23.6 Å². The Morgan fingerprint density at radius 3 is 2.44 bits per heavy atom. The van der Waals surface area contributed by atoms with E-state index in [1.165, 1.54) is 11.0 Å². The summed E-state index contributed by atoms with van der Waals surface area (Å²) in [5, 5.41) is 14.4. The number of carboxylic acids is 1. The third-order valence-corrected chi connectivity index (χ3v) is 5.25. The van der Waals surface area contributed by atoms with Gasteiger partial charge in [0.25, 0.3) is 0 Å². The molecule has 1 heterocycles. The van der Waals surface area contributed by atoms with Gasteiger partial charge < -0.3 is 26.4 Å². The van der Waals surface area contributed by atoms with Gasteiger partial charge in [-0.25, -0.2) is 4.79 Å². The first kappa shape index (κ1) is 24.6. The number of amides is 4. The predicted molar refractivity (Wildman–Crippen MR) is 115 cm³/mol. The van der Waals surface area contributed by atoms with Crippen molar-refractivity contribution in [1.82, 2.24) is 15.5 Å². The van der Waals surface area contributed by atoms with Crippen molar-refractivity contribution in [2.75, 3.05) is 13.1 Å². The Hall–Kier alpha value is -3.69. The Kier molecular flexibility index (Phi) is 8.94. The number of nitrogens with zero attached hydrogens (tertiary/aromatic N) is 1. The van der Waals surface area contributed by atoms with Crippen LogP contribution in [0.3, 0.4) is 0 Å². The van der Waals surface area contributed by atoms with E-state index in [0.717, 1.165) is 5.56 Å². The molecule has 0 aromatic heterocycles.